The van der Waals surface area contributed by atoms with Crippen LogP contribution in [0.1, 0.15) is 32.3 Å². The molecular weight excluding hydrogens is 366 g/mol. The van der Waals surface area contributed by atoms with Crippen LogP contribution in [0.25, 0.3) is 0 Å². The number of benzene rings is 1. The van der Waals surface area contributed by atoms with E-state index in [1.54, 1.807) is 0 Å². The Morgan fingerprint density at radius 3 is 2.36 bits per heavy atom. The molecule has 0 aliphatic carbocycles. The molecule has 3 amide bonds. The summed E-state index contributed by atoms with van der Waals surface area (Å²) in [5.74, 6) is -1.46. The highest BCUT2D eigenvalue weighted by Crippen LogP contribution is 2.02. The van der Waals surface area contributed by atoms with E-state index in [0.29, 0.717) is 6.42 Å². The topological polar surface area (TPSA) is 123 Å². The number of rotatable bonds is 10. The first-order valence-corrected chi connectivity index (χ1v) is 8.93. The van der Waals surface area contributed by atoms with Gasteiger partial charge >= 0.3 is 12.1 Å². The fourth-order valence-electron chi connectivity index (χ4n) is 2.33. The monoisotopic (exact) mass is 393 g/mol. The maximum atomic E-state index is 12.3. The van der Waals surface area contributed by atoms with Crippen LogP contribution >= 0.6 is 0 Å². The molecular formula is C19H27N3O6. The van der Waals surface area contributed by atoms with E-state index in [9.17, 15) is 19.2 Å². The predicted octanol–water partition coefficient (Wildman–Crippen LogP) is 0.875. The highest BCUT2D eigenvalue weighted by molar-refractivity contribution is 5.90. The Morgan fingerprint density at radius 2 is 1.75 bits per heavy atom. The number of esters is 1. The molecule has 1 rings (SSSR count). The summed E-state index contributed by atoms with van der Waals surface area (Å²) in [4.78, 5) is 46.7. The van der Waals surface area contributed by atoms with E-state index in [0.717, 1.165) is 5.56 Å². The van der Waals surface area contributed by atoms with E-state index in [1.165, 1.54) is 21.0 Å². The number of carbonyl (C=O) groups is 4. The number of carbonyl (C=O) groups excluding carboxylic acids is 4. The summed E-state index contributed by atoms with van der Waals surface area (Å²) < 4.78 is 9.64. The van der Waals surface area contributed by atoms with Crippen LogP contribution in [0, 0.1) is 0 Å². The van der Waals surface area contributed by atoms with Crippen molar-refractivity contribution in [2.24, 2.45) is 0 Å². The summed E-state index contributed by atoms with van der Waals surface area (Å²) in [6.07, 6.45) is 0.132. The minimum absolute atomic E-state index is 0.162. The number of amides is 3. The zero-order valence-electron chi connectivity index (χ0n) is 16.3. The molecule has 1 aromatic rings. The number of ether oxygens (including phenoxy) is 2. The number of hydrogen-bond acceptors (Lipinski definition) is 6. The van der Waals surface area contributed by atoms with Crippen LogP contribution in [0.15, 0.2) is 30.3 Å². The van der Waals surface area contributed by atoms with Gasteiger partial charge in [0.2, 0.25) is 11.8 Å². The van der Waals surface area contributed by atoms with Gasteiger partial charge in [-0.3, -0.25) is 9.59 Å². The minimum Gasteiger partial charge on any atom is -0.467 e. The summed E-state index contributed by atoms with van der Waals surface area (Å²) in [6, 6.07) is 7.61. The molecule has 2 atom stereocenters. The van der Waals surface area contributed by atoms with Crippen molar-refractivity contribution in [1.29, 1.82) is 0 Å². The van der Waals surface area contributed by atoms with Crippen LogP contribution in [-0.2, 0) is 30.5 Å². The van der Waals surface area contributed by atoms with Crippen molar-refractivity contribution in [3.8, 4) is 0 Å². The molecule has 0 saturated heterocycles. The fraction of sp³-hybridized carbons (Fsp3) is 0.474. The lowest BCUT2D eigenvalue weighted by Crippen LogP contribution is -2.50. The van der Waals surface area contributed by atoms with Crippen molar-refractivity contribution in [3.05, 3.63) is 35.9 Å². The Hall–Kier alpha value is -3.10. The van der Waals surface area contributed by atoms with Crippen LogP contribution in [0.4, 0.5) is 4.79 Å². The van der Waals surface area contributed by atoms with Gasteiger partial charge in [0.1, 0.15) is 18.7 Å². The molecule has 0 bridgehead atoms. The first-order chi connectivity index (χ1) is 13.3. The molecule has 0 fully saturated rings. The Labute approximate surface area is 164 Å². The van der Waals surface area contributed by atoms with E-state index in [2.05, 4.69) is 20.7 Å². The summed E-state index contributed by atoms with van der Waals surface area (Å²) in [6.45, 7) is 3.21. The smallest absolute Gasteiger partial charge is 0.407 e. The minimum atomic E-state index is -0.833. The molecule has 0 saturated carbocycles. The van der Waals surface area contributed by atoms with Crippen LogP contribution < -0.4 is 16.0 Å². The van der Waals surface area contributed by atoms with Gasteiger partial charge in [0.05, 0.1) is 7.11 Å². The van der Waals surface area contributed by atoms with Gasteiger partial charge < -0.3 is 25.4 Å². The quantitative estimate of drug-likeness (QED) is 0.400. The second kappa shape index (κ2) is 12.3. The second-order valence-electron chi connectivity index (χ2n) is 6.14. The first kappa shape index (κ1) is 22.9. The first-order valence-electron chi connectivity index (χ1n) is 8.93. The van der Waals surface area contributed by atoms with Gasteiger partial charge in [-0.15, -0.1) is 0 Å². The lowest BCUT2D eigenvalue weighted by Gasteiger charge is -2.20. The third-order valence-electron chi connectivity index (χ3n) is 3.76. The molecule has 9 heteroatoms. The maximum Gasteiger partial charge on any atom is 0.407 e. The van der Waals surface area contributed by atoms with E-state index in [1.807, 2.05) is 30.3 Å². The molecule has 0 spiro atoms. The molecule has 1 aromatic carbocycles. The molecule has 0 radical (unpaired) electrons. The lowest BCUT2D eigenvalue weighted by atomic mass is 10.1. The van der Waals surface area contributed by atoms with Crippen molar-refractivity contribution in [2.45, 2.75) is 45.4 Å². The van der Waals surface area contributed by atoms with E-state index >= 15 is 0 Å². The number of hydrogen-bond donors (Lipinski definition) is 3. The normalized spacial score (nSPS) is 12.2. The molecule has 28 heavy (non-hydrogen) atoms. The highest BCUT2D eigenvalue weighted by atomic mass is 16.5. The Bertz CT molecular complexity index is 665. The van der Waals surface area contributed by atoms with Gasteiger partial charge in [0, 0.05) is 13.5 Å². The number of nitrogens with one attached hydrogen (secondary N) is 3. The molecule has 0 aliphatic heterocycles. The highest BCUT2D eigenvalue weighted by Gasteiger charge is 2.23. The van der Waals surface area contributed by atoms with Crippen molar-refractivity contribution in [3.63, 3.8) is 0 Å². The Balaban J connectivity index is 2.37. The zero-order chi connectivity index (χ0) is 20.9. The molecule has 0 heterocycles. The van der Waals surface area contributed by atoms with Gasteiger partial charge in [-0.1, -0.05) is 30.3 Å². The molecule has 0 aliphatic rings. The summed E-state index contributed by atoms with van der Waals surface area (Å²) in [7, 11) is 1.22. The Kier molecular flexibility index (Phi) is 10.1. The van der Waals surface area contributed by atoms with Gasteiger partial charge in [-0.05, 0) is 25.3 Å². The van der Waals surface area contributed by atoms with Gasteiger partial charge in [0.15, 0.2) is 0 Å². The van der Waals surface area contributed by atoms with Crippen LogP contribution in [0.5, 0.6) is 0 Å². The standard InChI is InChI=1S/C19H27N3O6/c1-13(18(25)27-3)21-17(24)16(22-14(2)23)10-7-11-20-19(26)28-12-15-8-5-4-6-9-15/h4-6,8-9,13,16H,7,10-12H2,1-3H3,(H,20,26)(H,21,24)(H,22,23)/t13-,16-/m0/s1. The molecule has 0 unspecified atom stereocenters. The van der Waals surface area contributed by atoms with Crippen LogP contribution in [0.3, 0.4) is 0 Å². The molecule has 9 nitrogen and oxygen atoms in total. The summed E-state index contributed by atoms with van der Waals surface area (Å²) >= 11 is 0. The molecule has 154 valence electrons. The van der Waals surface area contributed by atoms with Crippen molar-refractivity contribution >= 4 is 23.9 Å². The summed E-state index contributed by atoms with van der Waals surface area (Å²) in [5.41, 5.74) is 0.875. The molecule has 0 aromatic heterocycles. The van der Waals surface area contributed by atoms with Gasteiger partial charge in [-0.2, -0.15) is 0 Å². The predicted molar refractivity (Wildman–Crippen MR) is 101 cm³/mol. The number of methoxy groups -OCH3 is 1. The van der Waals surface area contributed by atoms with E-state index < -0.39 is 30.1 Å². The third-order valence-corrected chi connectivity index (χ3v) is 3.76. The Morgan fingerprint density at radius 1 is 1.07 bits per heavy atom. The number of alkyl carbamates (subject to hydrolysis) is 1. The average molecular weight is 393 g/mol. The van der Waals surface area contributed by atoms with E-state index in [4.69, 9.17) is 4.74 Å². The SMILES string of the molecule is COC(=O)[C@H](C)NC(=O)[C@H](CCCNC(=O)OCc1ccccc1)NC(C)=O. The molecule has 3 N–H and O–H groups in total. The van der Waals surface area contributed by atoms with Gasteiger partial charge in [0.25, 0.3) is 0 Å². The van der Waals surface area contributed by atoms with Crippen molar-refractivity contribution in [1.82, 2.24) is 16.0 Å². The average Bonchev–Trinajstić information content (AvgIpc) is 2.68. The van der Waals surface area contributed by atoms with Crippen molar-refractivity contribution < 1.29 is 28.7 Å². The van der Waals surface area contributed by atoms with Crippen LogP contribution in [0.2, 0.25) is 0 Å². The van der Waals surface area contributed by atoms with Crippen LogP contribution in [-0.4, -0.2) is 49.6 Å². The second-order valence-corrected chi connectivity index (χ2v) is 6.14. The van der Waals surface area contributed by atoms with E-state index in [-0.39, 0.29) is 25.5 Å². The third kappa shape index (κ3) is 9.02. The van der Waals surface area contributed by atoms with Gasteiger partial charge in [-0.25, -0.2) is 9.59 Å². The largest absolute Gasteiger partial charge is 0.467 e. The fourth-order valence-corrected chi connectivity index (χ4v) is 2.33. The lowest BCUT2D eigenvalue weighted by molar-refractivity contribution is -0.144. The zero-order valence-corrected chi connectivity index (χ0v) is 16.3. The van der Waals surface area contributed by atoms with Crippen molar-refractivity contribution in [2.75, 3.05) is 13.7 Å². The maximum absolute atomic E-state index is 12.3. The summed E-state index contributed by atoms with van der Waals surface area (Å²) in [5, 5.41) is 7.60.